The van der Waals surface area contributed by atoms with Gasteiger partial charge < -0.3 is 10.1 Å². The van der Waals surface area contributed by atoms with Crippen molar-refractivity contribution in [2.75, 3.05) is 11.9 Å². The number of hydrazine groups is 1. The van der Waals surface area contributed by atoms with Crippen molar-refractivity contribution >= 4 is 23.4 Å². The minimum absolute atomic E-state index is 0.0356. The van der Waals surface area contributed by atoms with Gasteiger partial charge in [-0.05, 0) is 61.2 Å². The van der Waals surface area contributed by atoms with Crippen molar-refractivity contribution < 1.29 is 19.1 Å². The zero-order valence-corrected chi connectivity index (χ0v) is 17.8. The van der Waals surface area contributed by atoms with Gasteiger partial charge in [0.05, 0.1) is 0 Å². The van der Waals surface area contributed by atoms with E-state index in [0.717, 1.165) is 32.1 Å². The number of aryl methyl sites for hydroxylation is 1. The summed E-state index contributed by atoms with van der Waals surface area (Å²) in [5.41, 5.74) is 6.89. The van der Waals surface area contributed by atoms with Crippen LogP contribution in [0.4, 0.5) is 5.69 Å². The fourth-order valence-corrected chi connectivity index (χ4v) is 3.52. The molecule has 0 atom stereocenters. The van der Waals surface area contributed by atoms with Gasteiger partial charge in [-0.3, -0.25) is 25.2 Å². The van der Waals surface area contributed by atoms with Crippen LogP contribution >= 0.6 is 0 Å². The molecule has 0 radical (unpaired) electrons. The molecule has 0 bridgehead atoms. The molecule has 1 saturated carbocycles. The van der Waals surface area contributed by atoms with Gasteiger partial charge in [-0.15, -0.1) is 0 Å². The molecule has 0 aliphatic heterocycles. The van der Waals surface area contributed by atoms with Crippen molar-refractivity contribution in [3.05, 3.63) is 59.7 Å². The van der Waals surface area contributed by atoms with Gasteiger partial charge in [0.1, 0.15) is 5.75 Å². The maximum atomic E-state index is 12.3. The predicted octanol–water partition coefficient (Wildman–Crippen LogP) is 3.61. The standard InChI is InChI=1S/C24H29N3O4/c1-2-17-8-14-21(15-9-17)31-16-22(28)26-27-24(30)19-10-12-20(13-11-19)25-23(29)18-6-4-3-5-7-18/h8-15,18H,2-7,16H2,1H3,(H,25,29)(H,26,28)(H,27,30). The van der Waals surface area contributed by atoms with E-state index in [9.17, 15) is 14.4 Å². The first-order valence-corrected chi connectivity index (χ1v) is 10.8. The summed E-state index contributed by atoms with van der Waals surface area (Å²) in [7, 11) is 0. The Morgan fingerprint density at radius 3 is 2.23 bits per heavy atom. The highest BCUT2D eigenvalue weighted by atomic mass is 16.5. The Bertz CT molecular complexity index is 888. The Morgan fingerprint density at radius 1 is 0.903 bits per heavy atom. The number of carbonyl (C=O) groups excluding carboxylic acids is 3. The lowest BCUT2D eigenvalue weighted by atomic mass is 9.88. The third-order valence-electron chi connectivity index (χ3n) is 5.41. The van der Waals surface area contributed by atoms with Crippen LogP contribution in [0.25, 0.3) is 0 Å². The Balaban J connectivity index is 1.41. The van der Waals surface area contributed by atoms with Crippen LogP contribution in [0.15, 0.2) is 48.5 Å². The van der Waals surface area contributed by atoms with Crippen LogP contribution in [0.3, 0.4) is 0 Å². The molecular formula is C24H29N3O4. The van der Waals surface area contributed by atoms with E-state index in [1.165, 1.54) is 12.0 Å². The Morgan fingerprint density at radius 2 is 1.58 bits per heavy atom. The van der Waals surface area contributed by atoms with Gasteiger partial charge in [-0.1, -0.05) is 38.3 Å². The first-order valence-electron chi connectivity index (χ1n) is 10.8. The van der Waals surface area contributed by atoms with Crippen LogP contribution in [0.5, 0.6) is 5.75 Å². The average molecular weight is 424 g/mol. The lowest BCUT2D eigenvalue weighted by Gasteiger charge is -2.20. The van der Waals surface area contributed by atoms with Crippen LogP contribution < -0.4 is 20.9 Å². The molecule has 164 valence electrons. The topological polar surface area (TPSA) is 96.5 Å². The molecule has 7 nitrogen and oxygen atoms in total. The second-order valence-electron chi connectivity index (χ2n) is 7.69. The van der Waals surface area contributed by atoms with Gasteiger partial charge in [0.2, 0.25) is 5.91 Å². The highest BCUT2D eigenvalue weighted by molar-refractivity contribution is 5.97. The van der Waals surface area contributed by atoms with Crippen molar-refractivity contribution in [3.63, 3.8) is 0 Å². The lowest BCUT2D eigenvalue weighted by Crippen LogP contribution is -2.43. The molecule has 7 heteroatoms. The minimum Gasteiger partial charge on any atom is -0.484 e. The van der Waals surface area contributed by atoms with Crippen LogP contribution in [0.2, 0.25) is 0 Å². The fourth-order valence-electron chi connectivity index (χ4n) is 3.52. The van der Waals surface area contributed by atoms with Crippen LogP contribution in [0.1, 0.15) is 54.9 Å². The summed E-state index contributed by atoms with van der Waals surface area (Å²) in [6, 6.07) is 14.1. The van der Waals surface area contributed by atoms with E-state index in [0.29, 0.717) is 17.0 Å². The van der Waals surface area contributed by atoms with Gasteiger partial charge >= 0.3 is 0 Å². The molecule has 3 amide bonds. The summed E-state index contributed by atoms with van der Waals surface area (Å²) in [6.07, 6.45) is 6.18. The zero-order valence-electron chi connectivity index (χ0n) is 17.8. The lowest BCUT2D eigenvalue weighted by molar-refractivity contribution is -0.124. The number of carbonyl (C=O) groups is 3. The molecule has 1 fully saturated rings. The maximum Gasteiger partial charge on any atom is 0.276 e. The monoisotopic (exact) mass is 423 g/mol. The molecule has 0 aromatic heterocycles. The van der Waals surface area contributed by atoms with Crippen molar-refractivity contribution in [1.82, 2.24) is 10.9 Å². The molecule has 3 rings (SSSR count). The van der Waals surface area contributed by atoms with Crippen molar-refractivity contribution in [1.29, 1.82) is 0 Å². The number of amides is 3. The fraction of sp³-hybridized carbons (Fsp3) is 0.375. The first kappa shape index (κ1) is 22.3. The van der Waals surface area contributed by atoms with Crippen molar-refractivity contribution in [2.24, 2.45) is 5.92 Å². The molecule has 31 heavy (non-hydrogen) atoms. The minimum atomic E-state index is -0.468. The smallest absolute Gasteiger partial charge is 0.276 e. The first-order chi connectivity index (χ1) is 15.0. The summed E-state index contributed by atoms with van der Waals surface area (Å²) in [4.78, 5) is 36.4. The van der Waals surface area contributed by atoms with E-state index in [4.69, 9.17) is 4.74 Å². The molecule has 1 aliphatic rings. The zero-order chi connectivity index (χ0) is 22.1. The molecule has 0 heterocycles. The number of anilines is 1. The van der Waals surface area contributed by atoms with Gasteiger partial charge in [-0.25, -0.2) is 0 Å². The van der Waals surface area contributed by atoms with Gasteiger partial charge in [-0.2, -0.15) is 0 Å². The van der Waals surface area contributed by atoms with E-state index in [1.54, 1.807) is 36.4 Å². The largest absolute Gasteiger partial charge is 0.484 e. The Kier molecular flexibility index (Phi) is 8.04. The predicted molar refractivity (Wildman–Crippen MR) is 119 cm³/mol. The molecule has 0 saturated heterocycles. The van der Waals surface area contributed by atoms with E-state index >= 15 is 0 Å². The van der Waals surface area contributed by atoms with Crippen LogP contribution in [0, 0.1) is 5.92 Å². The van der Waals surface area contributed by atoms with E-state index in [-0.39, 0.29) is 18.4 Å². The second kappa shape index (κ2) is 11.2. The molecule has 2 aromatic carbocycles. The van der Waals surface area contributed by atoms with Crippen molar-refractivity contribution in [3.8, 4) is 5.75 Å². The summed E-state index contributed by atoms with van der Waals surface area (Å²) >= 11 is 0. The quantitative estimate of drug-likeness (QED) is 0.593. The maximum absolute atomic E-state index is 12.3. The average Bonchev–Trinajstić information content (AvgIpc) is 2.82. The number of hydrogen-bond acceptors (Lipinski definition) is 4. The number of nitrogens with one attached hydrogen (secondary N) is 3. The molecule has 0 unspecified atom stereocenters. The number of hydrogen-bond donors (Lipinski definition) is 3. The van der Waals surface area contributed by atoms with Gasteiger partial charge in [0, 0.05) is 17.2 Å². The highest BCUT2D eigenvalue weighted by Gasteiger charge is 2.21. The number of benzene rings is 2. The Labute approximate surface area is 182 Å². The van der Waals surface area contributed by atoms with Crippen molar-refractivity contribution in [2.45, 2.75) is 45.4 Å². The summed E-state index contributed by atoms with van der Waals surface area (Å²) in [5.74, 6) is -0.230. The number of ether oxygens (including phenoxy) is 1. The third-order valence-corrected chi connectivity index (χ3v) is 5.41. The molecular weight excluding hydrogens is 394 g/mol. The SMILES string of the molecule is CCc1ccc(OCC(=O)NNC(=O)c2ccc(NC(=O)C3CCCCC3)cc2)cc1. The summed E-state index contributed by atoms with van der Waals surface area (Å²) < 4.78 is 5.40. The third kappa shape index (κ3) is 6.84. The van der Waals surface area contributed by atoms with Crippen LogP contribution in [-0.4, -0.2) is 24.3 Å². The Hall–Kier alpha value is -3.35. The second-order valence-corrected chi connectivity index (χ2v) is 7.69. The van der Waals surface area contributed by atoms with Gasteiger partial charge in [0.25, 0.3) is 11.8 Å². The molecule has 3 N–H and O–H groups in total. The molecule has 0 spiro atoms. The molecule has 1 aliphatic carbocycles. The molecule has 2 aromatic rings. The highest BCUT2D eigenvalue weighted by Crippen LogP contribution is 2.25. The van der Waals surface area contributed by atoms with E-state index in [2.05, 4.69) is 23.1 Å². The number of rotatable bonds is 7. The normalized spacial score (nSPS) is 13.8. The van der Waals surface area contributed by atoms with Crippen LogP contribution in [-0.2, 0) is 16.0 Å². The van der Waals surface area contributed by atoms with Gasteiger partial charge in [0.15, 0.2) is 6.61 Å². The summed E-state index contributed by atoms with van der Waals surface area (Å²) in [6.45, 7) is 1.85. The summed E-state index contributed by atoms with van der Waals surface area (Å²) in [5, 5.41) is 2.91. The van der Waals surface area contributed by atoms with E-state index < -0.39 is 11.8 Å². The van der Waals surface area contributed by atoms with E-state index in [1.807, 2.05) is 12.1 Å².